The first kappa shape index (κ1) is 36.7. The Balaban J connectivity index is 0.961. The summed E-state index contributed by atoms with van der Waals surface area (Å²) in [5.74, 6) is 1.83. The molecule has 0 spiro atoms. The predicted octanol–water partition coefficient (Wildman–Crippen LogP) is 15.2. The largest absolute Gasteiger partial charge is 0.456 e. The van der Waals surface area contributed by atoms with Gasteiger partial charge < -0.3 is 9.32 Å². The van der Waals surface area contributed by atoms with Gasteiger partial charge in [-0.1, -0.05) is 176 Å². The van der Waals surface area contributed by atoms with Crippen LogP contribution in [0.2, 0.25) is 0 Å². The first-order valence-corrected chi connectivity index (χ1v) is 20.8. The van der Waals surface area contributed by atoms with Crippen molar-refractivity contribution < 1.29 is 4.42 Å². The number of fused-ring (bicyclic) bond motifs is 3. The van der Waals surface area contributed by atoms with Crippen LogP contribution in [0.1, 0.15) is 0 Å². The third-order valence-corrected chi connectivity index (χ3v) is 11.4. The molecule has 0 aliphatic carbocycles. The van der Waals surface area contributed by atoms with E-state index in [-0.39, 0.29) is 0 Å². The van der Waals surface area contributed by atoms with Gasteiger partial charge in [-0.05, 0) is 88.0 Å². The van der Waals surface area contributed by atoms with Gasteiger partial charge in [0, 0.05) is 44.5 Å². The summed E-state index contributed by atoms with van der Waals surface area (Å²) in [6.45, 7) is 0. The van der Waals surface area contributed by atoms with Crippen LogP contribution in [-0.4, -0.2) is 15.0 Å². The van der Waals surface area contributed by atoms with Crippen molar-refractivity contribution in [1.82, 2.24) is 15.0 Å². The third-order valence-electron chi connectivity index (χ3n) is 11.4. The van der Waals surface area contributed by atoms with Crippen LogP contribution in [0.3, 0.4) is 0 Å². The normalized spacial score (nSPS) is 11.2. The average molecular weight is 795 g/mol. The van der Waals surface area contributed by atoms with Crippen LogP contribution in [0.25, 0.3) is 89.5 Å². The summed E-state index contributed by atoms with van der Waals surface area (Å²) in [6.07, 6.45) is 0. The SMILES string of the molecule is c1ccc(-c2ccc(N(c3ccc(-c4ccccc4)cc3)c3ccc(-c4cccc5oc6cc(-c7nc(-c8ccccc8)nc(-c8ccccc8)n7)ccc6c45)cc3)cc2)cc1. The van der Waals surface area contributed by atoms with Crippen molar-refractivity contribution in [3.63, 3.8) is 0 Å². The van der Waals surface area contributed by atoms with Gasteiger partial charge in [0.1, 0.15) is 11.2 Å². The molecule has 2 heterocycles. The van der Waals surface area contributed by atoms with Crippen molar-refractivity contribution in [2.75, 3.05) is 4.90 Å². The van der Waals surface area contributed by atoms with Crippen molar-refractivity contribution >= 4 is 39.0 Å². The fraction of sp³-hybridized carbons (Fsp3) is 0. The van der Waals surface area contributed by atoms with E-state index in [2.05, 4.69) is 163 Å². The molecule has 0 fully saturated rings. The molecule has 0 aliphatic heterocycles. The van der Waals surface area contributed by atoms with Gasteiger partial charge in [-0.25, -0.2) is 15.0 Å². The van der Waals surface area contributed by atoms with Crippen molar-refractivity contribution in [2.24, 2.45) is 0 Å². The molecular weight excluding hydrogens is 757 g/mol. The monoisotopic (exact) mass is 794 g/mol. The van der Waals surface area contributed by atoms with Gasteiger partial charge in [0.05, 0.1) is 0 Å². The molecule has 11 aromatic rings. The molecule has 0 atom stereocenters. The van der Waals surface area contributed by atoms with E-state index in [0.717, 1.165) is 66.8 Å². The number of rotatable bonds is 9. The van der Waals surface area contributed by atoms with Gasteiger partial charge in [-0.15, -0.1) is 0 Å². The molecule has 2 aromatic heterocycles. The van der Waals surface area contributed by atoms with E-state index in [9.17, 15) is 0 Å². The highest BCUT2D eigenvalue weighted by molar-refractivity contribution is 6.13. The highest BCUT2D eigenvalue weighted by atomic mass is 16.3. The highest BCUT2D eigenvalue weighted by Crippen LogP contribution is 2.41. The molecule has 0 aliphatic rings. The number of nitrogens with zero attached hydrogens (tertiary/aromatic N) is 4. The summed E-state index contributed by atoms with van der Waals surface area (Å²) in [5, 5.41) is 2.10. The van der Waals surface area contributed by atoms with Crippen LogP contribution in [0, 0.1) is 0 Å². The number of aromatic nitrogens is 3. The maximum Gasteiger partial charge on any atom is 0.164 e. The Morgan fingerprint density at radius 3 is 1.15 bits per heavy atom. The fourth-order valence-electron chi connectivity index (χ4n) is 8.25. The minimum absolute atomic E-state index is 0.588. The van der Waals surface area contributed by atoms with Gasteiger partial charge in [-0.2, -0.15) is 0 Å². The Bertz CT molecular complexity index is 3160. The zero-order valence-electron chi connectivity index (χ0n) is 33.6. The first-order chi connectivity index (χ1) is 30.7. The lowest BCUT2D eigenvalue weighted by atomic mass is 9.98. The second-order valence-corrected chi connectivity index (χ2v) is 15.2. The number of hydrogen-bond acceptors (Lipinski definition) is 5. The lowest BCUT2D eigenvalue weighted by Crippen LogP contribution is -2.09. The van der Waals surface area contributed by atoms with E-state index >= 15 is 0 Å². The van der Waals surface area contributed by atoms with Gasteiger partial charge in [0.2, 0.25) is 0 Å². The number of furan rings is 1. The van der Waals surface area contributed by atoms with Crippen LogP contribution in [0.5, 0.6) is 0 Å². The standard InChI is InChI=1S/C57H38N4O/c1-5-14-39(15-6-1)41-24-31-47(32-25-41)61(48-33-26-42(27-34-48)40-16-7-2-8-17-40)49-35-28-43(29-36-49)50-22-13-23-52-54(50)51-37-30-46(38-53(51)62-52)57-59-55(44-18-9-3-10-19-44)58-56(60-57)45-20-11-4-12-21-45/h1-38H. The lowest BCUT2D eigenvalue weighted by Gasteiger charge is -2.26. The van der Waals surface area contributed by atoms with E-state index in [0.29, 0.717) is 17.5 Å². The molecule has 292 valence electrons. The zero-order valence-corrected chi connectivity index (χ0v) is 33.6. The topological polar surface area (TPSA) is 55.1 Å². The Morgan fingerprint density at radius 1 is 0.290 bits per heavy atom. The Kier molecular flexibility index (Phi) is 9.45. The van der Waals surface area contributed by atoms with Crippen LogP contribution >= 0.6 is 0 Å². The van der Waals surface area contributed by atoms with E-state index in [1.807, 2.05) is 72.8 Å². The van der Waals surface area contributed by atoms with Gasteiger partial charge in [0.15, 0.2) is 17.5 Å². The van der Waals surface area contributed by atoms with Crippen LogP contribution in [-0.2, 0) is 0 Å². The lowest BCUT2D eigenvalue weighted by molar-refractivity contribution is 0.669. The summed E-state index contributed by atoms with van der Waals surface area (Å²) in [5.41, 5.74) is 14.5. The summed E-state index contributed by atoms with van der Waals surface area (Å²) in [4.78, 5) is 17.1. The highest BCUT2D eigenvalue weighted by Gasteiger charge is 2.18. The number of hydrogen-bond donors (Lipinski definition) is 0. The van der Waals surface area contributed by atoms with Crippen LogP contribution < -0.4 is 4.90 Å². The molecule has 0 amide bonds. The summed E-state index contributed by atoms with van der Waals surface area (Å²) < 4.78 is 6.59. The zero-order chi connectivity index (χ0) is 41.2. The summed E-state index contributed by atoms with van der Waals surface area (Å²) in [7, 11) is 0. The second-order valence-electron chi connectivity index (χ2n) is 15.2. The minimum atomic E-state index is 0.588. The summed E-state index contributed by atoms with van der Waals surface area (Å²) in [6, 6.07) is 80.1. The predicted molar refractivity (Wildman–Crippen MR) is 254 cm³/mol. The van der Waals surface area contributed by atoms with Gasteiger partial charge in [0.25, 0.3) is 0 Å². The molecule has 9 aromatic carbocycles. The quantitative estimate of drug-likeness (QED) is 0.146. The van der Waals surface area contributed by atoms with E-state index in [1.54, 1.807) is 0 Å². The summed E-state index contributed by atoms with van der Waals surface area (Å²) >= 11 is 0. The number of anilines is 3. The van der Waals surface area contributed by atoms with E-state index in [4.69, 9.17) is 19.4 Å². The second kappa shape index (κ2) is 16.0. The Labute approximate surface area is 359 Å². The molecule has 0 saturated heterocycles. The van der Waals surface area contributed by atoms with Crippen LogP contribution in [0.15, 0.2) is 235 Å². The van der Waals surface area contributed by atoms with Crippen molar-refractivity contribution in [3.05, 3.63) is 231 Å². The van der Waals surface area contributed by atoms with Gasteiger partial charge in [-0.3, -0.25) is 0 Å². The average Bonchev–Trinajstić information content (AvgIpc) is 3.74. The third kappa shape index (κ3) is 7.08. The Morgan fingerprint density at radius 2 is 0.677 bits per heavy atom. The molecule has 0 bridgehead atoms. The molecule has 0 unspecified atom stereocenters. The smallest absolute Gasteiger partial charge is 0.164 e. The molecule has 0 N–H and O–H groups in total. The van der Waals surface area contributed by atoms with Gasteiger partial charge >= 0.3 is 0 Å². The first-order valence-electron chi connectivity index (χ1n) is 20.8. The molecule has 11 rings (SSSR count). The molecule has 0 radical (unpaired) electrons. The molecule has 5 nitrogen and oxygen atoms in total. The molecule has 0 saturated carbocycles. The molecule has 5 heteroatoms. The molecular formula is C57H38N4O. The van der Waals surface area contributed by atoms with Crippen molar-refractivity contribution in [3.8, 4) is 67.5 Å². The van der Waals surface area contributed by atoms with E-state index in [1.165, 1.54) is 22.3 Å². The number of benzene rings is 9. The molecule has 62 heavy (non-hydrogen) atoms. The maximum atomic E-state index is 6.59. The Hall–Kier alpha value is -8.41. The maximum absolute atomic E-state index is 6.59. The van der Waals surface area contributed by atoms with Crippen molar-refractivity contribution in [2.45, 2.75) is 0 Å². The fourth-order valence-corrected chi connectivity index (χ4v) is 8.25. The minimum Gasteiger partial charge on any atom is -0.456 e. The van der Waals surface area contributed by atoms with Crippen molar-refractivity contribution in [1.29, 1.82) is 0 Å². The van der Waals surface area contributed by atoms with Crippen LogP contribution in [0.4, 0.5) is 17.1 Å². The van der Waals surface area contributed by atoms with E-state index < -0.39 is 0 Å².